The first-order chi connectivity index (χ1) is 12.3. The SMILES string of the molecule is CC(C)C(C(=O)O)N1Cc2ccc(-c3ccc([N+](=O)[O-])nc3)cc2C1=O. The van der Waals surface area contributed by atoms with Gasteiger partial charge in [0.15, 0.2) is 0 Å². The fraction of sp³-hybridized carbons (Fsp3) is 0.278. The molecule has 1 aromatic heterocycles. The van der Waals surface area contributed by atoms with Crippen LogP contribution in [0.2, 0.25) is 0 Å². The summed E-state index contributed by atoms with van der Waals surface area (Å²) in [5.41, 5.74) is 2.55. The van der Waals surface area contributed by atoms with E-state index in [0.717, 1.165) is 5.56 Å². The fourth-order valence-corrected chi connectivity index (χ4v) is 3.17. The topological polar surface area (TPSA) is 114 Å². The van der Waals surface area contributed by atoms with Crippen LogP contribution in [0, 0.1) is 16.0 Å². The molecule has 0 bridgehead atoms. The highest BCUT2D eigenvalue weighted by Gasteiger charge is 2.38. The molecule has 0 fully saturated rings. The number of carboxylic acids is 1. The fourth-order valence-electron chi connectivity index (χ4n) is 3.17. The summed E-state index contributed by atoms with van der Waals surface area (Å²) in [7, 11) is 0. The third-order valence-corrected chi connectivity index (χ3v) is 4.43. The summed E-state index contributed by atoms with van der Waals surface area (Å²) in [6, 6.07) is 7.24. The normalized spacial score (nSPS) is 14.4. The summed E-state index contributed by atoms with van der Waals surface area (Å²) in [5.74, 6) is -1.82. The number of carbonyl (C=O) groups excluding carboxylic acids is 1. The van der Waals surface area contributed by atoms with Gasteiger partial charge in [-0.3, -0.25) is 4.79 Å². The molecule has 134 valence electrons. The van der Waals surface area contributed by atoms with E-state index in [1.807, 2.05) is 0 Å². The average molecular weight is 355 g/mol. The lowest BCUT2D eigenvalue weighted by molar-refractivity contribution is -0.389. The Labute approximate surface area is 149 Å². The second-order valence-corrected chi connectivity index (χ2v) is 6.49. The standard InChI is InChI=1S/C18H17N3O5/c1-10(2)16(18(23)24)20-9-13-4-3-11(7-14(13)17(20)22)12-5-6-15(19-8-12)21(25)26/h3-8,10,16H,9H2,1-2H3,(H,23,24). The molecule has 1 aliphatic rings. The highest BCUT2D eigenvalue weighted by molar-refractivity contribution is 6.01. The monoisotopic (exact) mass is 355 g/mol. The molecule has 26 heavy (non-hydrogen) atoms. The number of aromatic nitrogens is 1. The second-order valence-electron chi connectivity index (χ2n) is 6.49. The van der Waals surface area contributed by atoms with E-state index >= 15 is 0 Å². The van der Waals surface area contributed by atoms with E-state index in [2.05, 4.69) is 4.98 Å². The van der Waals surface area contributed by atoms with Crippen LogP contribution in [-0.4, -0.2) is 37.8 Å². The van der Waals surface area contributed by atoms with Crippen molar-refractivity contribution in [2.45, 2.75) is 26.4 Å². The van der Waals surface area contributed by atoms with Crippen LogP contribution in [0.15, 0.2) is 36.5 Å². The molecule has 0 radical (unpaired) electrons. The number of carboxylic acid groups (broad SMARTS) is 1. The maximum absolute atomic E-state index is 12.7. The zero-order chi connectivity index (χ0) is 19.0. The maximum atomic E-state index is 12.7. The Bertz CT molecular complexity index is 892. The highest BCUT2D eigenvalue weighted by atomic mass is 16.6. The Morgan fingerprint density at radius 1 is 1.27 bits per heavy atom. The highest BCUT2D eigenvalue weighted by Crippen LogP contribution is 2.31. The Morgan fingerprint density at radius 2 is 1.96 bits per heavy atom. The van der Waals surface area contributed by atoms with Gasteiger partial charge in [-0.05, 0) is 39.1 Å². The molecular weight excluding hydrogens is 338 g/mol. The lowest BCUT2D eigenvalue weighted by Gasteiger charge is -2.27. The van der Waals surface area contributed by atoms with Gasteiger partial charge in [-0.2, -0.15) is 0 Å². The number of nitrogens with zero attached hydrogens (tertiary/aromatic N) is 3. The van der Waals surface area contributed by atoms with E-state index in [1.54, 1.807) is 38.1 Å². The van der Waals surface area contributed by atoms with Crippen molar-refractivity contribution in [2.24, 2.45) is 5.92 Å². The number of carbonyl (C=O) groups is 2. The van der Waals surface area contributed by atoms with Crippen molar-refractivity contribution in [2.75, 3.05) is 0 Å². The van der Waals surface area contributed by atoms with E-state index < -0.39 is 16.9 Å². The number of pyridine rings is 1. The Kier molecular flexibility index (Phi) is 4.41. The number of hydrogen-bond acceptors (Lipinski definition) is 5. The molecule has 1 atom stereocenters. The predicted molar refractivity (Wildman–Crippen MR) is 92.5 cm³/mol. The lowest BCUT2D eigenvalue weighted by atomic mass is 10.0. The molecule has 3 rings (SSSR count). The summed E-state index contributed by atoms with van der Waals surface area (Å²) in [6.07, 6.45) is 1.38. The van der Waals surface area contributed by atoms with Crippen molar-refractivity contribution in [3.05, 3.63) is 57.8 Å². The van der Waals surface area contributed by atoms with Crippen LogP contribution >= 0.6 is 0 Å². The van der Waals surface area contributed by atoms with Crippen LogP contribution < -0.4 is 0 Å². The van der Waals surface area contributed by atoms with Gasteiger partial charge >= 0.3 is 11.8 Å². The molecule has 0 saturated heterocycles. The van der Waals surface area contributed by atoms with E-state index in [-0.39, 0.29) is 24.2 Å². The Hall–Kier alpha value is -3.29. The number of rotatable bonds is 5. The molecule has 1 aliphatic heterocycles. The number of nitro groups is 1. The number of benzene rings is 1. The van der Waals surface area contributed by atoms with E-state index in [1.165, 1.54) is 17.2 Å². The first-order valence-corrected chi connectivity index (χ1v) is 8.07. The van der Waals surface area contributed by atoms with Crippen molar-refractivity contribution in [3.63, 3.8) is 0 Å². The van der Waals surface area contributed by atoms with Gasteiger partial charge < -0.3 is 20.1 Å². The Morgan fingerprint density at radius 3 is 2.50 bits per heavy atom. The number of hydrogen-bond donors (Lipinski definition) is 1. The molecule has 0 saturated carbocycles. The van der Waals surface area contributed by atoms with Crippen molar-refractivity contribution < 1.29 is 19.6 Å². The molecular formula is C18H17N3O5. The number of fused-ring (bicyclic) bond motifs is 1. The van der Waals surface area contributed by atoms with Gasteiger partial charge in [0.1, 0.15) is 12.2 Å². The van der Waals surface area contributed by atoms with Gasteiger partial charge in [0.25, 0.3) is 5.91 Å². The van der Waals surface area contributed by atoms with Crippen molar-refractivity contribution in [1.82, 2.24) is 9.88 Å². The van der Waals surface area contributed by atoms with E-state index in [4.69, 9.17) is 0 Å². The van der Waals surface area contributed by atoms with Crippen LogP contribution in [0.3, 0.4) is 0 Å². The first kappa shape index (κ1) is 17.5. The van der Waals surface area contributed by atoms with Gasteiger partial charge in [-0.1, -0.05) is 26.0 Å². The largest absolute Gasteiger partial charge is 0.480 e. The second kappa shape index (κ2) is 6.55. The third-order valence-electron chi connectivity index (χ3n) is 4.43. The van der Waals surface area contributed by atoms with Crippen LogP contribution in [0.25, 0.3) is 11.1 Å². The number of amides is 1. The molecule has 0 aliphatic carbocycles. The quantitative estimate of drug-likeness (QED) is 0.651. The van der Waals surface area contributed by atoms with Gasteiger partial charge in [-0.15, -0.1) is 0 Å². The molecule has 1 amide bonds. The number of aliphatic carboxylic acids is 1. The minimum absolute atomic E-state index is 0.218. The average Bonchev–Trinajstić information content (AvgIpc) is 2.90. The molecule has 0 spiro atoms. The van der Waals surface area contributed by atoms with E-state index in [0.29, 0.717) is 16.7 Å². The maximum Gasteiger partial charge on any atom is 0.363 e. The van der Waals surface area contributed by atoms with Crippen LogP contribution in [0.1, 0.15) is 29.8 Å². The molecule has 1 aromatic carbocycles. The zero-order valence-corrected chi connectivity index (χ0v) is 14.2. The molecule has 2 aromatic rings. The summed E-state index contributed by atoms with van der Waals surface area (Å²) in [4.78, 5) is 39.6. The van der Waals surface area contributed by atoms with Crippen LogP contribution in [-0.2, 0) is 11.3 Å². The molecule has 8 nitrogen and oxygen atoms in total. The molecule has 8 heteroatoms. The van der Waals surface area contributed by atoms with Crippen LogP contribution in [0.5, 0.6) is 0 Å². The lowest BCUT2D eigenvalue weighted by Crippen LogP contribution is -2.44. The van der Waals surface area contributed by atoms with Crippen LogP contribution in [0.4, 0.5) is 5.82 Å². The Balaban J connectivity index is 1.93. The van der Waals surface area contributed by atoms with Gasteiger partial charge in [0.05, 0.1) is 0 Å². The first-order valence-electron chi connectivity index (χ1n) is 8.07. The predicted octanol–water partition coefficient (Wildman–Crippen LogP) is 2.72. The van der Waals surface area contributed by atoms with Gasteiger partial charge in [0.2, 0.25) is 0 Å². The van der Waals surface area contributed by atoms with Crippen molar-refractivity contribution in [3.8, 4) is 11.1 Å². The molecule has 1 N–H and O–H groups in total. The summed E-state index contributed by atoms with van der Waals surface area (Å²) in [5, 5.41) is 20.1. The summed E-state index contributed by atoms with van der Waals surface area (Å²) in [6.45, 7) is 3.79. The van der Waals surface area contributed by atoms with Gasteiger partial charge in [-0.25, -0.2) is 4.79 Å². The minimum Gasteiger partial charge on any atom is -0.480 e. The molecule has 2 heterocycles. The summed E-state index contributed by atoms with van der Waals surface area (Å²) >= 11 is 0. The van der Waals surface area contributed by atoms with Gasteiger partial charge in [0, 0.05) is 23.7 Å². The van der Waals surface area contributed by atoms with Crippen molar-refractivity contribution in [1.29, 1.82) is 0 Å². The minimum atomic E-state index is -1.03. The molecule has 1 unspecified atom stereocenters. The summed E-state index contributed by atoms with van der Waals surface area (Å²) < 4.78 is 0. The zero-order valence-electron chi connectivity index (χ0n) is 14.2. The third kappa shape index (κ3) is 3.01. The van der Waals surface area contributed by atoms with Crippen molar-refractivity contribution >= 4 is 17.7 Å². The smallest absolute Gasteiger partial charge is 0.363 e. The van der Waals surface area contributed by atoms with E-state index in [9.17, 15) is 24.8 Å².